The van der Waals surface area contributed by atoms with Gasteiger partial charge in [-0.25, -0.2) is 9.78 Å². The zero-order chi connectivity index (χ0) is 19.4. The molecular weight excluding hydrogens is 348 g/mol. The van der Waals surface area contributed by atoms with Crippen LogP contribution < -0.4 is 5.69 Å². The molecule has 2 aromatic heterocycles. The van der Waals surface area contributed by atoms with Crippen LogP contribution in [0.25, 0.3) is 33.5 Å². The maximum atomic E-state index is 12.7. The molecule has 0 bridgehead atoms. The standard InChI is InChI=1S/C23H24N4O/c1-14-5-4-6-17(11-14)21-22(25-15(2)24-21)18-9-10-19-20(12-18)26(3)23(28)27(19)13-16-7-8-16/h4-6,9-12,16H,7-8,13H2,1-3H3,(H,24,25). The van der Waals surface area contributed by atoms with E-state index in [1.165, 1.54) is 18.4 Å². The first-order valence-corrected chi connectivity index (χ1v) is 9.84. The zero-order valence-corrected chi connectivity index (χ0v) is 16.5. The van der Waals surface area contributed by atoms with Crippen LogP contribution in [0.2, 0.25) is 0 Å². The molecule has 5 heteroatoms. The summed E-state index contributed by atoms with van der Waals surface area (Å²) in [4.78, 5) is 20.9. The van der Waals surface area contributed by atoms with Gasteiger partial charge in [-0.2, -0.15) is 0 Å². The molecule has 4 aromatic rings. The molecule has 0 radical (unpaired) electrons. The van der Waals surface area contributed by atoms with Crippen LogP contribution in [-0.4, -0.2) is 19.1 Å². The smallest absolute Gasteiger partial charge is 0.328 e. The lowest BCUT2D eigenvalue weighted by Gasteiger charge is -2.06. The van der Waals surface area contributed by atoms with Crippen LogP contribution in [0.3, 0.4) is 0 Å². The number of aromatic nitrogens is 4. The first kappa shape index (κ1) is 17.0. The lowest BCUT2D eigenvalue weighted by atomic mass is 10.0. The number of aryl methyl sites for hydroxylation is 3. The Hall–Kier alpha value is -3.08. The Labute approximate surface area is 163 Å². The molecule has 0 aliphatic heterocycles. The van der Waals surface area contributed by atoms with Crippen molar-refractivity contribution in [2.45, 2.75) is 33.2 Å². The highest BCUT2D eigenvalue weighted by molar-refractivity contribution is 5.86. The van der Waals surface area contributed by atoms with Crippen LogP contribution in [0.5, 0.6) is 0 Å². The summed E-state index contributed by atoms with van der Waals surface area (Å²) < 4.78 is 3.69. The minimum absolute atomic E-state index is 0.0683. The molecule has 0 unspecified atom stereocenters. The number of imidazole rings is 2. The van der Waals surface area contributed by atoms with E-state index in [0.717, 1.165) is 45.9 Å². The first-order chi connectivity index (χ1) is 13.5. The van der Waals surface area contributed by atoms with E-state index in [1.807, 2.05) is 18.5 Å². The van der Waals surface area contributed by atoms with Crippen LogP contribution >= 0.6 is 0 Å². The molecule has 0 atom stereocenters. The quantitative estimate of drug-likeness (QED) is 0.576. The Morgan fingerprint density at radius 2 is 1.89 bits per heavy atom. The molecule has 1 fully saturated rings. The number of hydrogen-bond acceptors (Lipinski definition) is 2. The van der Waals surface area contributed by atoms with Crippen molar-refractivity contribution in [2.24, 2.45) is 13.0 Å². The van der Waals surface area contributed by atoms with Crippen LogP contribution in [0.4, 0.5) is 0 Å². The van der Waals surface area contributed by atoms with Crippen molar-refractivity contribution in [3.8, 4) is 22.5 Å². The minimum Gasteiger partial charge on any atom is -0.342 e. The Morgan fingerprint density at radius 1 is 1.07 bits per heavy atom. The van der Waals surface area contributed by atoms with E-state index in [9.17, 15) is 4.79 Å². The fraction of sp³-hybridized carbons (Fsp3) is 0.304. The van der Waals surface area contributed by atoms with Gasteiger partial charge >= 0.3 is 5.69 Å². The van der Waals surface area contributed by atoms with Crippen molar-refractivity contribution in [3.63, 3.8) is 0 Å². The van der Waals surface area contributed by atoms with E-state index < -0.39 is 0 Å². The van der Waals surface area contributed by atoms with E-state index in [1.54, 1.807) is 4.57 Å². The summed E-state index contributed by atoms with van der Waals surface area (Å²) in [6, 6.07) is 14.7. The molecule has 28 heavy (non-hydrogen) atoms. The molecule has 142 valence electrons. The summed E-state index contributed by atoms with van der Waals surface area (Å²) in [6.45, 7) is 4.89. The van der Waals surface area contributed by atoms with E-state index in [0.29, 0.717) is 5.92 Å². The van der Waals surface area contributed by atoms with Gasteiger partial charge in [-0.05, 0) is 50.8 Å². The highest BCUT2D eigenvalue weighted by Crippen LogP contribution is 2.34. The van der Waals surface area contributed by atoms with Crippen LogP contribution in [0.15, 0.2) is 47.3 Å². The van der Waals surface area contributed by atoms with Crippen molar-refractivity contribution >= 4 is 11.0 Å². The number of benzene rings is 2. The Bertz CT molecular complexity index is 1250. The van der Waals surface area contributed by atoms with Gasteiger partial charge in [0.05, 0.1) is 22.4 Å². The average molecular weight is 372 g/mol. The Morgan fingerprint density at radius 3 is 2.64 bits per heavy atom. The van der Waals surface area contributed by atoms with Crippen molar-refractivity contribution in [1.29, 1.82) is 0 Å². The lowest BCUT2D eigenvalue weighted by Crippen LogP contribution is -2.22. The summed E-state index contributed by atoms with van der Waals surface area (Å²) in [5, 5.41) is 0. The largest absolute Gasteiger partial charge is 0.342 e. The number of nitrogens with zero attached hydrogens (tertiary/aromatic N) is 3. The highest BCUT2D eigenvalue weighted by atomic mass is 16.1. The lowest BCUT2D eigenvalue weighted by molar-refractivity contribution is 0.609. The van der Waals surface area contributed by atoms with E-state index in [4.69, 9.17) is 4.98 Å². The van der Waals surface area contributed by atoms with Gasteiger partial charge in [0.25, 0.3) is 0 Å². The SMILES string of the molecule is Cc1cccc(-c2nc(C)[nH]c2-c2ccc3c(c2)n(C)c(=O)n3CC2CC2)c1. The molecule has 1 N–H and O–H groups in total. The third-order valence-corrected chi connectivity index (χ3v) is 5.69. The summed E-state index contributed by atoms with van der Waals surface area (Å²) in [5.74, 6) is 1.54. The normalized spacial score (nSPS) is 14.1. The Balaban J connectivity index is 1.66. The van der Waals surface area contributed by atoms with Gasteiger partial charge in [0.1, 0.15) is 5.82 Å². The molecule has 5 rings (SSSR count). The number of fused-ring (bicyclic) bond motifs is 1. The second-order valence-corrected chi connectivity index (χ2v) is 8.01. The second-order valence-electron chi connectivity index (χ2n) is 8.01. The minimum atomic E-state index is 0.0683. The number of hydrogen-bond donors (Lipinski definition) is 1. The fourth-order valence-corrected chi connectivity index (χ4v) is 4.00. The van der Waals surface area contributed by atoms with Gasteiger partial charge in [-0.15, -0.1) is 0 Å². The van der Waals surface area contributed by atoms with Crippen molar-refractivity contribution in [1.82, 2.24) is 19.1 Å². The van der Waals surface area contributed by atoms with Gasteiger partial charge in [0.15, 0.2) is 0 Å². The third-order valence-electron chi connectivity index (χ3n) is 5.69. The number of nitrogens with one attached hydrogen (secondary N) is 1. The van der Waals surface area contributed by atoms with E-state index in [2.05, 4.69) is 54.4 Å². The highest BCUT2D eigenvalue weighted by Gasteiger charge is 2.24. The summed E-state index contributed by atoms with van der Waals surface area (Å²) in [6.07, 6.45) is 2.46. The van der Waals surface area contributed by atoms with Crippen molar-refractivity contribution < 1.29 is 0 Å². The van der Waals surface area contributed by atoms with Gasteiger partial charge in [0.2, 0.25) is 0 Å². The average Bonchev–Trinajstić information content (AvgIpc) is 3.38. The van der Waals surface area contributed by atoms with Gasteiger partial charge in [-0.3, -0.25) is 9.13 Å². The summed E-state index contributed by atoms with van der Waals surface area (Å²) in [7, 11) is 1.86. The Kier molecular flexibility index (Phi) is 3.79. The monoisotopic (exact) mass is 372 g/mol. The molecule has 0 saturated heterocycles. The van der Waals surface area contributed by atoms with Gasteiger partial charge < -0.3 is 4.98 Å². The molecule has 5 nitrogen and oxygen atoms in total. The van der Waals surface area contributed by atoms with Crippen LogP contribution in [0, 0.1) is 19.8 Å². The molecule has 1 saturated carbocycles. The zero-order valence-electron chi connectivity index (χ0n) is 16.5. The van der Waals surface area contributed by atoms with Crippen LogP contribution in [-0.2, 0) is 13.6 Å². The molecule has 1 aliphatic carbocycles. The summed E-state index contributed by atoms with van der Waals surface area (Å²) in [5.41, 5.74) is 7.33. The number of H-pyrrole nitrogens is 1. The third kappa shape index (κ3) is 2.78. The molecule has 1 aliphatic rings. The maximum Gasteiger partial charge on any atom is 0.328 e. The van der Waals surface area contributed by atoms with Crippen molar-refractivity contribution in [2.75, 3.05) is 0 Å². The predicted molar refractivity (Wildman–Crippen MR) is 112 cm³/mol. The molecule has 2 aromatic carbocycles. The number of aromatic amines is 1. The topological polar surface area (TPSA) is 55.6 Å². The predicted octanol–water partition coefficient (Wildman–Crippen LogP) is 4.42. The molecular formula is C23H24N4O. The molecule has 2 heterocycles. The first-order valence-electron chi connectivity index (χ1n) is 9.84. The summed E-state index contributed by atoms with van der Waals surface area (Å²) >= 11 is 0. The van der Waals surface area contributed by atoms with Gasteiger partial charge in [-0.1, -0.05) is 29.8 Å². The molecule has 0 amide bonds. The second kappa shape index (κ2) is 6.23. The number of rotatable bonds is 4. The van der Waals surface area contributed by atoms with Crippen LogP contribution in [0.1, 0.15) is 24.2 Å². The van der Waals surface area contributed by atoms with Gasteiger partial charge in [0, 0.05) is 24.7 Å². The van der Waals surface area contributed by atoms with E-state index in [-0.39, 0.29) is 5.69 Å². The van der Waals surface area contributed by atoms with Crippen molar-refractivity contribution in [3.05, 3.63) is 64.3 Å². The maximum absolute atomic E-state index is 12.7. The van der Waals surface area contributed by atoms with E-state index >= 15 is 0 Å². The molecule has 0 spiro atoms. The fourth-order valence-electron chi connectivity index (χ4n) is 4.00.